The van der Waals surface area contributed by atoms with Gasteiger partial charge in [-0.25, -0.2) is 14.3 Å². The van der Waals surface area contributed by atoms with Crippen molar-refractivity contribution in [3.8, 4) is 17.1 Å². The number of hydrogen-bond donors (Lipinski definition) is 0. The Morgan fingerprint density at radius 1 is 1.26 bits per heavy atom. The van der Waals surface area contributed by atoms with Crippen LogP contribution >= 0.6 is 0 Å². The molecule has 0 radical (unpaired) electrons. The first-order valence-corrected chi connectivity index (χ1v) is 10.4. The third kappa shape index (κ3) is 3.96. The molecule has 9 heteroatoms. The zero-order valence-corrected chi connectivity index (χ0v) is 19.2. The largest absolute Gasteiger partial charge is 0.472 e. The fraction of sp³-hybridized carbons (Fsp3) is 0.545. The topological polar surface area (TPSA) is 86.8 Å². The van der Waals surface area contributed by atoms with Gasteiger partial charge in [-0.2, -0.15) is 10.2 Å². The summed E-state index contributed by atoms with van der Waals surface area (Å²) in [5.74, 6) is 0.523. The number of carbonyl (C=O) groups excluding carboxylic acids is 1. The van der Waals surface area contributed by atoms with E-state index in [9.17, 15) is 4.79 Å². The van der Waals surface area contributed by atoms with Crippen LogP contribution in [-0.4, -0.2) is 60.2 Å². The summed E-state index contributed by atoms with van der Waals surface area (Å²) in [7, 11) is 3.65. The van der Waals surface area contributed by atoms with Crippen molar-refractivity contribution in [2.24, 2.45) is 12.5 Å². The predicted octanol–water partition coefficient (Wildman–Crippen LogP) is 3.54. The van der Waals surface area contributed by atoms with Crippen molar-refractivity contribution in [1.29, 1.82) is 0 Å². The number of fused-ring (bicyclic) bond motifs is 1. The van der Waals surface area contributed by atoms with E-state index in [4.69, 9.17) is 14.5 Å². The average molecular weight is 427 g/mol. The zero-order chi connectivity index (χ0) is 22.6. The summed E-state index contributed by atoms with van der Waals surface area (Å²) in [5.41, 5.74) is 1.63. The second kappa shape index (κ2) is 7.25. The second-order valence-electron chi connectivity index (χ2n) is 9.77. The lowest BCUT2D eigenvalue weighted by Crippen LogP contribution is -2.63. The first-order chi connectivity index (χ1) is 14.5. The van der Waals surface area contributed by atoms with Crippen molar-refractivity contribution in [3.63, 3.8) is 0 Å². The zero-order valence-electron chi connectivity index (χ0n) is 19.2. The van der Waals surface area contributed by atoms with Crippen LogP contribution in [0.25, 0.3) is 16.8 Å². The predicted molar refractivity (Wildman–Crippen MR) is 116 cm³/mol. The highest BCUT2D eigenvalue weighted by Gasteiger charge is 2.53. The standard InChI is InChI=1S/C22H30N6O3/c1-21(2,3)31-20(29)27(7)17-10-18(22(17,4)5)30-19-16-8-9-23-28(16)13-15(25-19)14-11-24-26(6)12-14/h8-9,11-13,17-18H,10H2,1-7H3. The number of aromatic nitrogens is 5. The van der Waals surface area contributed by atoms with Crippen LogP contribution in [0.4, 0.5) is 4.79 Å². The van der Waals surface area contributed by atoms with E-state index in [1.165, 1.54) is 0 Å². The van der Waals surface area contributed by atoms with Gasteiger partial charge in [-0.15, -0.1) is 0 Å². The van der Waals surface area contributed by atoms with E-state index in [-0.39, 0.29) is 23.7 Å². The molecule has 4 rings (SSSR count). The highest BCUT2D eigenvalue weighted by molar-refractivity contribution is 5.68. The van der Waals surface area contributed by atoms with Gasteiger partial charge in [0.05, 0.1) is 24.3 Å². The van der Waals surface area contributed by atoms with Crippen LogP contribution in [-0.2, 0) is 11.8 Å². The molecule has 0 spiro atoms. The Balaban J connectivity index is 1.55. The van der Waals surface area contributed by atoms with Crippen LogP contribution in [0, 0.1) is 5.41 Å². The molecule has 0 aromatic carbocycles. The molecule has 166 valence electrons. The van der Waals surface area contributed by atoms with Gasteiger partial charge in [-0.3, -0.25) is 4.68 Å². The minimum atomic E-state index is -0.528. The van der Waals surface area contributed by atoms with Gasteiger partial charge in [0.2, 0.25) is 5.88 Å². The fourth-order valence-electron chi connectivity index (χ4n) is 3.99. The van der Waals surface area contributed by atoms with Gasteiger partial charge in [0.1, 0.15) is 17.2 Å². The van der Waals surface area contributed by atoms with E-state index in [0.717, 1.165) is 16.8 Å². The summed E-state index contributed by atoms with van der Waals surface area (Å²) in [6, 6.07) is 1.89. The second-order valence-corrected chi connectivity index (χ2v) is 9.77. The number of aryl methyl sites for hydroxylation is 1. The van der Waals surface area contributed by atoms with Crippen LogP contribution in [0.1, 0.15) is 41.0 Å². The number of nitrogens with zero attached hydrogens (tertiary/aromatic N) is 6. The van der Waals surface area contributed by atoms with E-state index in [1.807, 2.05) is 46.3 Å². The number of ether oxygens (including phenoxy) is 2. The Morgan fingerprint density at radius 3 is 2.61 bits per heavy atom. The fourth-order valence-corrected chi connectivity index (χ4v) is 3.99. The Morgan fingerprint density at radius 2 is 2.00 bits per heavy atom. The molecular formula is C22H30N6O3. The van der Waals surface area contributed by atoms with Crippen LogP contribution in [0.2, 0.25) is 0 Å². The molecule has 2 atom stereocenters. The SMILES string of the molecule is CN(C(=O)OC(C)(C)C)C1CC(Oc2nc(-c3cnn(C)c3)cn3nccc23)C1(C)C. The third-order valence-corrected chi connectivity index (χ3v) is 5.89. The first-order valence-electron chi connectivity index (χ1n) is 10.4. The molecule has 0 N–H and O–H groups in total. The molecule has 1 aliphatic rings. The maximum absolute atomic E-state index is 12.5. The highest BCUT2D eigenvalue weighted by atomic mass is 16.6. The summed E-state index contributed by atoms with van der Waals surface area (Å²) < 4.78 is 15.4. The number of hydrogen-bond acceptors (Lipinski definition) is 6. The Bertz CT molecular complexity index is 1110. The van der Waals surface area contributed by atoms with Crippen LogP contribution in [0.3, 0.4) is 0 Å². The maximum atomic E-state index is 12.5. The molecule has 0 bridgehead atoms. The monoisotopic (exact) mass is 426 g/mol. The molecule has 0 aliphatic heterocycles. The molecule has 3 heterocycles. The van der Waals surface area contributed by atoms with Crippen LogP contribution < -0.4 is 4.74 Å². The molecule has 2 unspecified atom stereocenters. The van der Waals surface area contributed by atoms with Crippen molar-refractivity contribution in [3.05, 3.63) is 30.9 Å². The van der Waals surface area contributed by atoms with Gasteiger partial charge >= 0.3 is 6.09 Å². The minimum Gasteiger partial charge on any atom is -0.472 e. The molecule has 31 heavy (non-hydrogen) atoms. The van der Waals surface area contributed by atoms with E-state index >= 15 is 0 Å². The van der Waals surface area contributed by atoms with Crippen LogP contribution in [0.15, 0.2) is 30.9 Å². The van der Waals surface area contributed by atoms with Gasteiger partial charge in [0, 0.05) is 43.7 Å². The Labute approximate surface area is 182 Å². The molecule has 1 amide bonds. The van der Waals surface area contributed by atoms with Crippen LogP contribution in [0.5, 0.6) is 5.88 Å². The molecule has 1 aliphatic carbocycles. The lowest BCUT2D eigenvalue weighted by Gasteiger charge is -2.54. The summed E-state index contributed by atoms with van der Waals surface area (Å²) in [4.78, 5) is 19.0. The Hall–Kier alpha value is -3.10. The van der Waals surface area contributed by atoms with E-state index < -0.39 is 5.60 Å². The average Bonchev–Trinajstić information content (AvgIpc) is 3.31. The van der Waals surface area contributed by atoms with Gasteiger partial charge in [-0.1, -0.05) is 13.8 Å². The molecular weight excluding hydrogens is 396 g/mol. The van der Waals surface area contributed by atoms with E-state index in [1.54, 1.807) is 33.5 Å². The summed E-state index contributed by atoms with van der Waals surface area (Å²) in [5, 5.41) is 8.59. The first kappa shape index (κ1) is 21.1. The van der Waals surface area contributed by atoms with Gasteiger partial charge in [0.25, 0.3) is 0 Å². The quantitative estimate of drug-likeness (QED) is 0.634. The van der Waals surface area contributed by atoms with Crippen molar-refractivity contribution in [2.45, 2.75) is 58.8 Å². The maximum Gasteiger partial charge on any atom is 0.410 e. The molecule has 9 nitrogen and oxygen atoms in total. The molecule has 1 saturated carbocycles. The van der Waals surface area contributed by atoms with E-state index in [2.05, 4.69) is 24.0 Å². The van der Waals surface area contributed by atoms with Gasteiger partial charge < -0.3 is 14.4 Å². The molecule has 3 aromatic rings. The lowest BCUT2D eigenvalue weighted by atomic mass is 9.64. The Kier molecular flexibility index (Phi) is 4.94. The third-order valence-electron chi connectivity index (χ3n) is 5.89. The number of amides is 1. The summed E-state index contributed by atoms with van der Waals surface area (Å²) in [6.07, 6.45) is 7.53. The normalized spacial score (nSPS) is 20.4. The number of rotatable bonds is 4. The summed E-state index contributed by atoms with van der Waals surface area (Å²) >= 11 is 0. The smallest absolute Gasteiger partial charge is 0.410 e. The van der Waals surface area contributed by atoms with Gasteiger partial charge in [-0.05, 0) is 26.8 Å². The van der Waals surface area contributed by atoms with Crippen molar-refractivity contribution in [2.75, 3.05) is 7.05 Å². The lowest BCUT2D eigenvalue weighted by molar-refractivity contribution is -0.0998. The molecule has 1 fully saturated rings. The molecule has 0 saturated heterocycles. The minimum absolute atomic E-state index is 0.00906. The summed E-state index contributed by atoms with van der Waals surface area (Å²) in [6.45, 7) is 9.81. The highest BCUT2D eigenvalue weighted by Crippen LogP contribution is 2.46. The molecule has 3 aromatic heterocycles. The van der Waals surface area contributed by atoms with E-state index in [0.29, 0.717) is 12.3 Å². The van der Waals surface area contributed by atoms with Crippen molar-refractivity contribution >= 4 is 11.6 Å². The van der Waals surface area contributed by atoms with Gasteiger partial charge in [0.15, 0.2) is 0 Å². The number of carbonyl (C=O) groups is 1. The van der Waals surface area contributed by atoms with Crippen molar-refractivity contribution in [1.82, 2.24) is 29.3 Å². The van der Waals surface area contributed by atoms with Crippen molar-refractivity contribution < 1.29 is 14.3 Å².